The molecule has 10 aromatic rings. The van der Waals surface area contributed by atoms with Crippen molar-refractivity contribution in [3.63, 3.8) is 0 Å². The molecular formula is C47H29N3S. The molecule has 3 heterocycles. The Labute approximate surface area is 299 Å². The van der Waals surface area contributed by atoms with Gasteiger partial charge in [-0.1, -0.05) is 152 Å². The third-order valence-corrected chi connectivity index (χ3v) is 10.9. The van der Waals surface area contributed by atoms with Gasteiger partial charge in [-0.2, -0.15) is 0 Å². The Kier molecular flexibility index (Phi) is 7.00. The zero-order valence-corrected chi connectivity index (χ0v) is 28.3. The quantitative estimate of drug-likeness (QED) is 0.171. The van der Waals surface area contributed by atoms with Crippen LogP contribution in [-0.4, -0.2) is 15.0 Å². The van der Waals surface area contributed by atoms with Gasteiger partial charge in [-0.15, -0.1) is 11.3 Å². The maximum Gasteiger partial charge on any atom is 0.160 e. The van der Waals surface area contributed by atoms with Gasteiger partial charge in [0.2, 0.25) is 0 Å². The monoisotopic (exact) mass is 667 g/mol. The van der Waals surface area contributed by atoms with Crippen LogP contribution in [0.3, 0.4) is 0 Å². The fourth-order valence-electron chi connectivity index (χ4n) is 7.18. The van der Waals surface area contributed by atoms with Crippen LogP contribution in [-0.2, 0) is 0 Å². The van der Waals surface area contributed by atoms with Crippen LogP contribution in [0, 0.1) is 0 Å². The number of thiophene rings is 1. The highest BCUT2D eigenvalue weighted by Crippen LogP contribution is 2.45. The van der Waals surface area contributed by atoms with Crippen LogP contribution >= 0.6 is 11.3 Å². The van der Waals surface area contributed by atoms with Crippen molar-refractivity contribution in [2.75, 3.05) is 0 Å². The van der Waals surface area contributed by atoms with Gasteiger partial charge in [-0.3, -0.25) is 0 Å². The standard InChI is InChI=1S/C47H29N3S/c1-3-12-30(13-4-1)31-22-24-33(25-23-31)40-29-41(50-47(49-40)34-15-5-2-6-16-34)35-17-11-18-36(28-35)45-44-38-20-9-10-21-42(38)51-46(44)43-37-19-8-7-14-32(37)26-27-39(43)48-45/h1-29H. The van der Waals surface area contributed by atoms with E-state index in [-0.39, 0.29) is 0 Å². The van der Waals surface area contributed by atoms with Crippen LogP contribution < -0.4 is 0 Å². The van der Waals surface area contributed by atoms with Crippen molar-refractivity contribution in [3.8, 4) is 56.3 Å². The Morgan fingerprint density at radius 3 is 1.78 bits per heavy atom. The molecule has 0 radical (unpaired) electrons. The summed E-state index contributed by atoms with van der Waals surface area (Å²) in [5.41, 5.74) is 10.2. The molecule has 0 unspecified atom stereocenters. The van der Waals surface area contributed by atoms with Gasteiger partial charge in [0.05, 0.1) is 22.6 Å². The summed E-state index contributed by atoms with van der Waals surface area (Å²) in [7, 11) is 0. The lowest BCUT2D eigenvalue weighted by Crippen LogP contribution is -1.96. The van der Waals surface area contributed by atoms with Gasteiger partial charge in [-0.25, -0.2) is 15.0 Å². The molecule has 7 aromatic carbocycles. The molecule has 0 spiro atoms. The Morgan fingerprint density at radius 1 is 0.373 bits per heavy atom. The average Bonchev–Trinajstić information content (AvgIpc) is 3.61. The molecule has 0 amide bonds. The summed E-state index contributed by atoms with van der Waals surface area (Å²) < 4.78 is 2.53. The molecular weight excluding hydrogens is 639 g/mol. The first-order valence-electron chi connectivity index (χ1n) is 17.1. The van der Waals surface area contributed by atoms with Gasteiger partial charge in [0.25, 0.3) is 0 Å². The van der Waals surface area contributed by atoms with Crippen molar-refractivity contribution in [2.45, 2.75) is 0 Å². The van der Waals surface area contributed by atoms with Crippen LogP contribution in [0.1, 0.15) is 0 Å². The zero-order valence-electron chi connectivity index (χ0n) is 27.5. The van der Waals surface area contributed by atoms with E-state index in [9.17, 15) is 0 Å². The Bertz CT molecular complexity index is 2900. The first kappa shape index (κ1) is 29.4. The normalized spacial score (nSPS) is 11.5. The van der Waals surface area contributed by atoms with Gasteiger partial charge in [-0.05, 0) is 46.2 Å². The van der Waals surface area contributed by atoms with Crippen molar-refractivity contribution in [1.29, 1.82) is 0 Å². The molecule has 0 aliphatic carbocycles. The molecule has 0 N–H and O–H groups in total. The lowest BCUT2D eigenvalue weighted by Gasteiger charge is -2.12. The van der Waals surface area contributed by atoms with Crippen molar-refractivity contribution in [1.82, 2.24) is 15.0 Å². The van der Waals surface area contributed by atoms with E-state index in [1.54, 1.807) is 0 Å². The molecule has 10 rings (SSSR count). The zero-order chi connectivity index (χ0) is 33.7. The lowest BCUT2D eigenvalue weighted by molar-refractivity contribution is 1.18. The van der Waals surface area contributed by atoms with Gasteiger partial charge < -0.3 is 0 Å². The minimum atomic E-state index is 0.697. The summed E-state index contributed by atoms with van der Waals surface area (Å²) in [6, 6.07) is 61.8. The van der Waals surface area contributed by atoms with E-state index < -0.39 is 0 Å². The van der Waals surface area contributed by atoms with Crippen molar-refractivity contribution in [3.05, 3.63) is 176 Å². The molecule has 0 saturated heterocycles. The molecule has 238 valence electrons. The summed E-state index contributed by atoms with van der Waals surface area (Å²) in [5, 5.41) is 6.11. The summed E-state index contributed by atoms with van der Waals surface area (Å²) >= 11 is 1.85. The molecule has 0 fully saturated rings. The number of rotatable bonds is 5. The molecule has 0 aliphatic rings. The van der Waals surface area contributed by atoms with E-state index in [0.29, 0.717) is 5.82 Å². The van der Waals surface area contributed by atoms with Crippen molar-refractivity contribution >= 4 is 53.2 Å². The number of aromatic nitrogens is 3. The average molecular weight is 668 g/mol. The molecule has 0 atom stereocenters. The second-order valence-corrected chi connectivity index (χ2v) is 13.8. The molecule has 51 heavy (non-hydrogen) atoms. The van der Waals surface area contributed by atoms with E-state index >= 15 is 0 Å². The van der Waals surface area contributed by atoms with Crippen LogP contribution in [0.15, 0.2) is 176 Å². The predicted molar refractivity (Wildman–Crippen MR) is 215 cm³/mol. The summed E-state index contributed by atoms with van der Waals surface area (Å²) in [6.45, 7) is 0. The van der Waals surface area contributed by atoms with Crippen molar-refractivity contribution < 1.29 is 0 Å². The van der Waals surface area contributed by atoms with Crippen molar-refractivity contribution in [2.24, 2.45) is 0 Å². The Hall–Kier alpha value is -6.49. The van der Waals surface area contributed by atoms with Crippen LogP contribution in [0.2, 0.25) is 0 Å². The second-order valence-electron chi connectivity index (χ2n) is 12.8. The van der Waals surface area contributed by atoms with E-state index in [1.165, 1.54) is 47.5 Å². The second kappa shape index (κ2) is 12.1. The Balaban J connectivity index is 1.16. The molecule has 3 nitrogen and oxygen atoms in total. The van der Waals surface area contributed by atoms with Crippen LogP contribution in [0.4, 0.5) is 0 Å². The number of benzene rings is 7. The highest BCUT2D eigenvalue weighted by Gasteiger charge is 2.19. The topological polar surface area (TPSA) is 38.7 Å². The number of pyridine rings is 1. The van der Waals surface area contributed by atoms with E-state index in [4.69, 9.17) is 15.0 Å². The molecule has 0 bridgehead atoms. The predicted octanol–water partition coefficient (Wildman–Crippen LogP) is 12.9. The fourth-order valence-corrected chi connectivity index (χ4v) is 8.45. The molecule has 0 aliphatic heterocycles. The third-order valence-electron chi connectivity index (χ3n) is 9.68. The fraction of sp³-hybridized carbons (Fsp3) is 0. The molecule has 0 saturated carbocycles. The first-order chi connectivity index (χ1) is 25.3. The first-order valence-corrected chi connectivity index (χ1v) is 17.9. The maximum atomic E-state index is 5.42. The minimum absolute atomic E-state index is 0.697. The smallest absolute Gasteiger partial charge is 0.160 e. The lowest BCUT2D eigenvalue weighted by atomic mass is 9.97. The largest absolute Gasteiger partial charge is 0.247 e. The van der Waals surface area contributed by atoms with Gasteiger partial charge in [0, 0.05) is 47.8 Å². The van der Waals surface area contributed by atoms with E-state index in [1.807, 2.05) is 35.6 Å². The maximum absolute atomic E-state index is 5.42. The number of hydrogen-bond acceptors (Lipinski definition) is 4. The highest BCUT2D eigenvalue weighted by molar-refractivity contribution is 7.27. The number of nitrogens with zero attached hydrogens (tertiary/aromatic N) is 3. The SMILES string of the molecule is c1ccc(-c2ccc(-c3cc(-c4cccc(-c5nc6ccc7ccccc7c6c6sc7ccccc7c56)c4)nc(-c4ccccc4)n3)cc2)cc1. The highest BCUT2D eigenvalue weighted by atomic mass is 32.1. The third kappa shape index (κ3) is 5.16. The van der Waals surface area contributed by atoms with Crippen LogP contribution in [0.5, 0.6) is 0 Å². The summed E-state index contributed by atoms with van der Waals surface area (Å²) in [4.78, 5) is 15.7. The van der Waals surface area contributed by atoms with Crippen LogP contribution in [0.25, 0.3) is 98.1 Å². The minimum Gasteiger partial charge on any atom is -0.247 e. The Morgan fingerprint density at radius 2 is 0.980 bits per heavy atom. The van der Waals surface area contributed by atoms with E-state index in [2.05, 4.69) is 152 Å². The number of fused-ring (bicyclic) bond motifs is 7. The van der Waals surface area contributed by atoms with Gasteiger partial charge >= 0.3 is 0 Å². The van der Waals surface area contributed by atoms with E-state index in [0.717, 1.165) is 44.9 Å². The summed E-state index contributed by atoms with van der Waals surface area (Å²) in [5.74, 6) is 0.697. The van der Waals surface area contributed by atoms with Gasteiger partial charge in [0.15, 0.2) is 5.82 Å². The summed E-state index contributed by atoms with van der Waals surface area (Å²) in [6.07, 6.45) is 0. The molecule has 3 aromatic heterocycles. The number of hydrogen-bond donors (Lipinski definition) is 0. The van der Waals surface area contributed by atoms with Gasteiger partial charge in [0.1, 0.15) is 0 Å². The molecule has 4 heteroatoms.